The summed E-state index contributed by atoms with van der Waals surface area (Å²) in [5.74, 6) is 0.594. The Bertz CT molecular complexity index is 111. The van der Waals surface area contributed by atoms with Gasteiger partial charge >= 0.3 is 6.09 Å². The molecule has 0 unspecified atom stereocenters. The second kappa shape index (κ2) is 2.68. The van der Waals surface area contributed by atoms with Crippen LogP contribution in [0.25, 0.3) is 0 Å². The standard InChI is InChI=1S/C5H9NO3/c7-5(8)6-9-3-4-1-2-4/h4,6H,1-3H2,(H,7,8). The highest BCUT2D eigenvalue weighted by atomic mass is 16.7. The van der Waals surface area contributed by atoms with Gasteiger partial charge in [0.2, 0.25) is 0 Å². The van der Waals surface area contributed by atoms with Crippen LogP contribution in [-0.2, 0) is 4.84 Å². The fraction of sp³-hybridized carbons (Fsp3) is 0.800. The largest absolute Gasteiger partial charge is 0.464 e. The van der Waals surface area contributed by atoms with Crippen LogP contribution < -0.4 is 5.48 Å². The van der Waals surface area contributed by atoms with Crippen molar-refractivity contribution in [3.8, 4) is 0 Å². The SMILES string of the molecule is O=C(O)NOCC1CC1. The molecule has 0 spiro atoms. The van der Waals surface area contributed by atoms with Crippen LogP contribution >= 0.6 is 0 Å². The molecule has 1 amide bonds. The monoisotopic (exact) mass is 131 g/mol. The Morgan fingerprint density at radius 3 is 2.89 bits per heavy atom. The van der Waals surface area contributed by atoms with E-state index in [0.717, 1.165) is 0 Å². The Hall–Kier alpha value is -0.770. The van der Waals surface area contributed by atoms with Crippen LogP contribution in [0.1, 0.15) is 12.8 Å². The fourth-order valence-electron chi connectivity index (χ4n) is 0.506. The third kappa shape index (κ3) is 2.92. The molecule has 0 saturated heterocycles. The second-order valence-corrected chi connectivity index (χ2v) is 2.16. The highest BCUT2D eigenvalue weighted by Crippen LogP contribution is 2.28. The summed E-state index contributed by atoms with van der Waals surface area (Å²) < 4.78 is 0. The van der Waals surface area contributed by atoms with Crippen molar-refractivity contribution in [1.82, 2.24) is 5.48 Å². The molecule has 1 aliphatic carbocycles. The average Bonchev–Trinajstić information content (AvgIpc) is 2.48. The van der Waals surface area contributed by atoms with Crippen molar-refractivity contribution in [3.63, 3.8) is 0 Å². The maximum Gasteiger partial charge on any atom is 0.428 e. The van der Waals surface area contributed by atoms with E-state index in [-0.39, 0.29) is 0 Å². The summed E-state index contributed by atoms with van der Waals surface area (Å²) in [4.78, 5) is 14.3. The molecule has 4 nitrogen and oxygen atoms in total. The minimum Gasteiger partial charge on any atom is -0.464 e. The first-order chi connectivity index (χ1) is 4.29. The van der Waals surface area contributed by atoms with Gasteiger partial charge in [0.25, 0.3) is 0 Å². The predicted octanol–water partition coefficient (Wildman–Crippen LogP) is 0.596. The molecule has 1 aliphatic rings. The molecular weight excluding hydrogens is 122 g/mol. The number of carboxylic acid groups (broad SMARTS) is 1. The maximum atomic E-state index is 9.77. The lowest BCUT2D eigenvalue weighted by Crippen LogP contribution is -2.22. The lowest BCUT2D eigenvalue weighted by atomic mass is 10.5. The van der Waals surface area contributed by atoms with Crippen molar-refractivity contribution < 1.29 is 14.7 Å². The Balaban J connectivity index is 1.86. The molecule has 0 radical (unpaired) electrons. The van der Waals surface area contributed by atoms with E-state index >= 15 is 0 Å². The number of hydroxylamine groups is 1. The molecule has 0 aromatic heterocycles. The van der Waals surface area contributed by atoms with Gasteiger partial charge in [-0.3, -0.25) is 4.84 Å². The van der Waals surface area contributed by atoms with Gasteiger partial charge in [0, 0.05) is 0 Å². The van der Waals surface area contributed by atoms with Gasteiger partial charge in [0.05, 0.1) is 6.61 Å². The van der Waals surface area contributed by atoms with Gasteiger partial charge in [-0.2, -0.15) is 5.48 Å². The van der Waals surface area contributed by atoms with Crippen LogP contribution in [0.15, 0.2) is 0 Å². The van der Waals surface area contributed by atoms with Crippen molar-refractivity contribution in [2.45, 2.75) is 12.8 Å². The molecular formula is C5H9NO3. The first-order valence-corrected chi connectivity index (χ1v) is 2.90. The van der Waals surface area contributed by atoms with Gasteiger partial charge in [0.15, 0.2) is 0 Å². The third-order valence-electron chi connectivity index (χ3n) is 1.18. The van der Waals surface area contributed by atoms with E-state index in [1.807, 2.05) is 5.48 Å². The van der Waals surface area contributed by atoms with Crippen molar-refractivity contribution in [3.05, 3.63) is 0 Å². The van der Waals surface area contributed by atoms with Crippen molar-refractivity contribution in [1.29, 1.82) is 0 Å². The lowest BCUT2D eigenvalue weighted by molar-refractivity contribution is 0.0363. The van der Waals surface area contributed by atoms with Crippen LogP contribution in [0.2, 0.25) is 0 Å². The number of nitrogens with one attached hydrogen (secondary N) is 1. The zero-order chi connectivity index (χ0) is 6.69. The third-order valence-corrected chi connectivity index (χ3v) is 1.18. The highest BCUT2D eigenvalue weighted by molar-refractivity contribution is 5.62. The number of hydrogen-bond donors (Lipinski definition) is 2. The number of amides is 1. The summed E-state index contributed by atoms with van der Waals surface area (Å²) >= 11 is 0. The molecule has 0 aromatic rings. The van der Waals surface area contributed by atoms with Gasteiger partial charge in [-0.15, -0.1) is 0 Å². The Labute approximate surface area is 52.8 Å². The van der Waals surface area contributed by atoms with Crippen LogP contribution in [0.3, 0.4) is 0 Å². The van der Waals surface area contributed by atoms with Crippen LogP contribution in [0, 0.1) is 5.92 Å². The van der Waals surface area contributed by atoms with Crippen molar-refractivity contribution in [2.24, 2.45) is 5.92 Å². The van der Waals surface area contributed by atoms with E-state index in [2.05, 4.69) is 4.84 Å². The topological polar surface area (TPSA) is 58.6 Å². The van der Waals surface area contributed by atoms with Gasteiger partial charge < -0.3 is 5.11 Å². The average molecular weight is 131 g/mol. The minimum atomic E-state index is -1.13. The summed E-state index contributed by atoms with van der Waals surface area (Å²) in [5.41, 5.74) is 1.83. The quantitative estimate of drug-likeness (QED) is 0.551. The van der Waals surface area contributed by atoms with E-state index in [0.29, 0.717) is 12.5 Å². The Morgan fingerprint density at radius 2 is 2.44 bits per heavy atom. The molecule has 0 bridgehead atoms. The number of carbonyl (C=O) groups is 1. The molecule has 4 heteroatoms. The Morgan fingerprint density at radius 1 is 1.78 bits per heavy atom. The van der Waals surface area contributed by atoms with E-state index in [1.54, 1.807) is 0 Å². The zero-order valence-electron chi connectivity index (χ0n) is 4.96. The molecule has 9 heavy (non-hydrogen) atoms. The number of rotatable bonds is 3. The normalized spacial score (nSPS) is 17.3. The minimum absolute atomic E-state index is 0.520. The summed E-state index contributed by atoms with van der Waals surface area (Å²) in [6.07, 6.45) is 1.21. The molecule has 1 fully saturated rings. The van der Waals surface area contributed by atoms with Gasteiger partial charge in [-0.25, -0.2) is 4.79 Å². The van der Waals surface area contributed by atoms with Crippen molar-refractivity contribution in [2.75, 3.05) is 6.61 Å². The molecule has 1 rings (SSSR count). The van der Waals surface area contributed by atoms with E-state index < -0.39 is 6.09 Å². The molecule has 0 atom stereocenters. The van der Waals surface area contributed by atoms with Gasteiger partial charge in [-0.05, 0) is 18.8 Å². The summed E-state index contributed by atoms with van der Waals surface area (Å²) in [7, 11) is 0. The molecule has 1 saturated carbocycles. The highest BCUT2D eigenvalue weighted by Gasteiger charge is 2.21. The first-order valence-electron chi connectivity index (χ1n) is 2.90. The zero-order valence-corrected chi connectivity index (χ0v) is 4.96. The van der Waals surface area contributed by atoms with E-state index in [9.17, 15) is 4.79 Å². The summed E-state index contributed by atoms with van der Waals surface area (Å²) in [6.45, 7) is 0.520. The van der Waals surface area contributed by atoms with Gasteiger partial charge in [-0.1, -0.05) is 0 Å². The Kier molecular flexibility index (Phi) is 1.89. The van der Waals surface area contributed by atoms with Gasteiger partial charge in [0.1, 0.15) is 0 Å². The summed E-state index contributed by atoms with van der Waals surface area (Å²) in [6, 6.07) is 0. The van der Waals surface area contributed by atoms with E-state index in [4.69, 9.17) is 5.11 Å². The summed E-state index contributed by atoms with van der Waals surface area (Å²) in [5, 5.41) is 8.01. The second-order valence-electron chi connectivity index (χ2n) is 2.16. The van der Waals surface area contributed by atoms with Crippen LogP contribution in [0.4, 0.5) is 4.79 Å². The lowest BCUT2D eigenvalue weighted by Gasteiger charge is -1.97. The number of hydrogen-bond acceptors (Lipinski definition) is 2. The molecule has 52 valence electrons. The first kappa shape index (κ1) is 6.35. The maximum absolute atomic E-state index is 9.77. The fourth-order valence-corrected chi connectivity index (χ4v) is 0.506. The predicted molar refractivity (Wildman–Crippen MR) is 29.8 cm³/mol. The molecule has 2 N–H and O–H groups in total. The van der Waals surface area contributed by atoms with Crippen molar-refractivity contribution >= 4 is 6.09 Å². The smallest absolute Gasteiger partial charge is 0.428 e. The molecule has 0 aliphatic heterocycles. The molecule has 0 aromatic carbocycles. The van der Waals surface area contributed by atoms with Crippen LogP contribution in [-0.4, -0.2) is 17.8 Å². The van der Waals surface area contributed by atoms with E-state index in [1.165, 1.54) is 12.8 Å². The van der Waals surface area contributed by atoms with Crippen LogP contribution in [0.5, 0.6) is 0 Å². The molecule has 0 heterocycles.